The standard InChI is InChI=1S/C11H16ClNO4S/c1-11(2)8-16-6-5-13(11)18(14,15)10-4-3-9(7-12)17-10/h3-4H,5-8H2,1-2H3. The lowest BCUT2D eigenvalue weighted by Gasteiger charge is -2.40. The summed E-state index contributed by atoms with van der Waals surface area (Å²) in [6, 6.07) is 3.02. The minimum atomic E-state index is -3.63. The molecule has 0 atom stereocenters. The zero-order chi connectivity index (χ0) is 13.4. The highest BCUT2D eigenvalue weighted by Gasteiger charge is 2.41. The minimum Gasteiger partial charge on any atom is -0.447 e. The first-order valence-corrected chi connectivity index (χ1v) is 7.61. The second kappa shape index (κ2) is 4.85. The van der Waals surface area contributed by atoms with Crippen LogP contribution in [0.3, 0.4) is 0 Å². The van der Waals surface area contributed by atoms with Crippen molar-refractivity contribution in [3.8, 4) is 0 Å². The van der Waals surface area contributed by atoms with E-state index in [1.807, 2.05) is 13.8 Å². The van der Waals surface area contributed by atoms with Crippen LogP contribution in [0.25, 0.3) is 0 Å². The van der Waals surface area contributed by atoms with E-state index in [4.69, 9.17) is 20.8 Å². The predicted octanol–water partition coefficient (Wildman–Crippen LogP) is 1.82. The topological polar surface area (TPSA) is 59.8 Å². The molecule has 0 N–H and O–H groups in total. The maximum atomic E-state index is 12.5. The van der Waals surface area contributed by atoms with Gasteiger partial charge in [0.2, 0.25) is 5.09 Å². The fourth-order valence-electron chi connectivity index (χ4n) is 1.97. The first-order chi connectivity index (χ1) is 8.38. The van der Waals surface area contributed by atoms with Gasteiger partial charge in [-0.3, -0.25) is 0 Å². The molecule has 18 heavy (non-hydrogen) atoms. The SMILES string of the molecule is CC1(C)COCCN1S(=O)(=O)c1ccc(CCl)o1. The van der Waals surface area contributed by atoms with Crippen LogP contribution >= 0.6 is 11.6 Å². The Morgan fingerprint density at radius 2 is 2.17 bits per heavy atom. The van der Waals surface area contributed by atoms with Gasteiger partial charge in [-0.05, 0) is 26.0 Å². The Morgan fingerprint density at radius 1 is 1.44 bits per heavy atom. The summed E-state index contributed by atoms with van der Waals surface area (Å²) in [5, 5.41) is -0.0619. The molecule has 0 radical (unpaired) electrons. The van der Waals surface area contributed by atoms with E-state index in [9.17, 15) is 8.42 Å². The molecule has 0 saturated carbocycles. The number of alkyl halides is 1. The van der Waals surface area contributed by atoms with Crippen molar-refractivity contribution >= 4 is 21.6 Å². The summed E-state index contributed by atoms with van der Waals surface area (Å²) in [7, 11) is -3.63. The first-order valence-electron chi connectivity index (χ1n) is 5.63. The highest BCUT2D eigenvalue weighted by Crippen LogP contribution is 2.28. The fraction of sp³-hybridized carbons (Fsp3) is 0.636. The van der Waals surface area contributed by atoms with Crippen molar-refractivity contribution in [2.24, 2.45) is 0 Å². The van der Waals surface area contributed by atoms with Gasteiger partial charge in [0.05, 0.1) is 24.6 Å². The second-order valence-corrected chi connectivity index (χ2v) is 6.86. The third-order valence-electron chi connectivity index (χ3n) is 2.88. The van der Waals surface area contributed by atoms with Gasteiger partial charge in [0.25, 0.3) is 10.0 Å². The molecule has 102 valence electrons. The van der Waals surface area contributed by atoms with Crippen LogP contribution in [0.4, 0.5) is 0 Å². The monoisotopic (exact) mass is 293 g/mol. The van der Waals surface area contributed by atoms with Gasteiger partial charge < -0.3 is 9.15 Å². The van der Waals surface area contributed by atoms with Gasteiger partial charge in [-0.25, -0.2) is 8.42 Å². The van der Waals surface area contributed by atoms with Gasteiger partial charge in [-0.1, -0.05) is 0 Å². The lowest BCUT2D eigenvalue weighted by Crippen LogP contribution is -2.55. The van der Waals surface area contributed by atoms with Crippen molar-refractivity contribution in [1.29, 1.82) is 0 Å². The van der Waals surface area contributed by atoms with Gasteiger partial charge in [-0.2, -0.15) is 4.31 Å². The van der Waals surface area contributed by atoms with Crippen molar-refractivity contribution in [2.75, 3.05) is 19.8 Å². The lowest BCUT2D eigenvalue weighted by molar-refractivity contribution is -0.00833. The third-order valence-corrected chi connectivity index (χ3v) is 5.13. The Kier molecular flexibility index (Phi) is 3.73. The second-order valence-electron chi connectivity index (χ2n) is 4.80. The van der Waals surface area contributed by atoms with E-state index in [0.29, 0.717) is 25.5 Å². The van der Waals surface area contributed by atoms with Crippen LogP contribution in [0.15, 0.2) is 21.6 Å². The molecule has 7 heteroatoms. The first kappa shape index (κ1) is 13.9. The van der Waals surface area contributed by atoms with Crippen molar-refractivity contribution in [1.82, 2.24) is 4.31 Å². The molecule has 2 heterocycles. The van der Waals surface area contributed by atoms with Crippen LogP contribution in [-0.4, -0.2) is 38.0 Å². The number of morpholine rings is 1. The average Bonchev–Trinajstić information content (AvgIpc) is 2.77. The molecule has 1 saturated heterocycles. The molecule has 1 aromatic rings. The number of halogens is 1. The quantitative estimate of drug-likeness (QED) is 0.798. The molecule has 1 aliphatic rings. The van der Waals surface area contributed by atoms with Crippen molar-refractivity contribution in [3.05, 3.63) is 17.9 Å². The van der Waals surface area contributed by atoms with Crippen LogP contribution in [0.2, 0.25) is 0 Å². The molecule has 0 spiro atoms. The summed E-state index contributed by atoms with van der Waals surface area (Å²) in [6.07, 6.45) is 0. The molecule has 0 amide bonds. The van der Waals surface area contributed by atoms with E-state index >= 15 is 0 Å². The maximum Gasteiger partial charge on any atom is 0.277 e. The summed E-state index contributed by atoms with van der Waals surface area (Å²) in [4.78, 5) is 0. The Hall–Kier alpha value is -0.560. The summed E-state index contributed by atoms with van der Waals surface area (Å²) in [6.45, 7) is 4.75. The Labute approximate surface area is 112 Å². The highest BCUT2D eigenvalue weighted by molar-refractivity contribution is 7.89. The number of nitrogens with zero attached hydrogens (tertiary/aromatic N) is 1. The molecule has 2 rings (SSSR count). The smallest absolute Gasteiger partial charge is 0.277 e. The fourth-order valence-corrected chi connectivity index (χ4v) is 3.80. The van der Waals surface area contributed by atoms with E-state index in [0.717, 1.165) is 0 Å². The van der Waals surface area contributed by atoms with Gasteiger partial charge in [0.1, 0.15) is 5.76 Å². The number of sulfonamides is 1. The molecule has 1 aromatic heterocycles. The lowest BCUT2D eigenvalue weighted by atomic mass is 10.1. The number of hydrogen-bond donors (Lipinski definition) is 0. The van der Waals surface area contributed by atoms with Crippen LogP contribution in [-0.2, 0) is 20.6 Å². The number of furan rings is 1. The molecule has 0 unspecified atom stereocenters. The predicted molar refractivity (Wildman–Crippen MR) is 67.1 cm³/mol. The van der Waals surface area contributed by atoms with Crippen LogP contribution in [0, 0.1) is 0 Å². The molecule has 0 bridgehead atoms. The highest BCUT2D eigenvalue weighted by atomic mass is 35.5. The summed E-state index contributed by atoms with van der Waals surface area (Å²) < 4.78 is 36.9. The molecule has 0 aromatic carbocycles. The largest absolute Gasteiger partial charge is 0.447 e. The molecular weight excluding hydrogens is 278 g/mol. The van der Waals surface area contributed by atoms with Crippen molar-refractivity contribution in [2.45, 2.75) is 30.4 Å². The summed E-state index contributed by atoms with van der Waals surface area (Å²) in [5.41, 5.74) is -0.578. The van der Waals surface area contributed by atoms with E-state index in [-0.39, 0.29) is 11.0 Å². The Morgan fingerprint density at radius 3 is 2.72 bits per heavy atom. The number of ether oxygens (including phenoxy) is 1. The summed E-state index contributed by atoms with van der Waals surface area (Å²) in [5.74, 6) is 0.600. The van der Waals surface area contributed by atoms with Crippen molar-refractivity contribution in [3.63, 3.8) is 0 Å². The zero-order valence-corrected chi connectivity index (χ0v) is 11.9. The zero-order valence-electron chi connectivity index (χ0n) is 10.3. The summed E-state index contributed by atoms with van der Waals surface area (Å²) >= 11 is 5.61. The third kappa shape index (κ3) is 2.42. The Bertz CT molecular complexity index is 523. The van der Waals surface area contributed by atoms with Crippen LogP contribution < -0.4 is 0 Å². The van der Waals surface area contributed by atoms with Gasteiger partial charge in [0.15, 0.2) is 0 Å². The van der Waals surface area contributed by atoms with E-state index in [1.54, 1.807) is 6.07 Å². The maximum absolute atomic E-state index is 12.5. The minimum absolute atomic E-state index is 0.0619. The average molecular weight is 294 g/mol. The number of rotatable bonds is 3. The van der Waals surface area contributed by atoms with Crippen LogP contribution in [0.1, 0.15) is 19.6 Å². The number of hydrogen-bond acceptors (Lipinski definition) is 4. The van der Waals surface area contributed by atoms with Gasteiger partial charge in [-0.15, -0.1) is 11.6 Å². The van der Waals surface area contributed by atoms with Gasteiger partial charge in [0, 0.05) is 6.54 Å². The molecule has 1 aliphatic heterocycles. The van der Waals surface area contributed by atoms with Gasteiger partial charge >= 0.3 is 0 Å². The molecular formula is C11H16ClNO4S. The van der Waals surface area contributed by atoms with E-state index in [2.05, 4.69) is 0 Å². The van der Waals surface area contributed by atoms with Crippen molar-refractivity contribution < 1.29 is 17.6 Å². The molecule has 1 fully saturated rings. The normalized spacial score (nSPS) is 21.1. The van der Waals surface area contributed by atoms with E-state index in [1.165, 1.54) is 10.4 Å². The molecule has 5 nitrogen and oxygen atoms in total. The molecule has 0 aliphatic carbocycles. The Balaban J connectivity index is 2.35. The van der Waals surface area contributed by atoms with Crippen LogP contribution in [0.5, 0.6) is 0 Å². The van der Waals surface area contributed by atoms with E-state index < -0.39 is 15.6 Å².